The molecule has 0 aliphatic carbocycles. The van der Waals surface area contributed by atoms with E-state index in [0.717, 1.165) is 11.4 Å². The highest BCUT2D eigenvalue weighted by Gasteiger charge is 2.14. The van der Waals surface area contributed by atoms with Gasteiger partial charge in [0.05, 0.1) is 5.69 Å². The standard InChI is InChI=1S/C15H15ClFN3/c1-2-20(12-6-4-11(17)5-7-12)14-8-3-10(16)9-13(14)15(18)19/h3-9H,2H2,1H3,(H3,18,19). The van der Waals surface area contributed by atoms with Crippen LogP contribution in [0.25, 0.3) is 0 Å². The van der Waals surface area contributed by atoms with Crippen LogP contribution in [0, 0.1) is 11.2 Å². The number of benzene rings is 2. The number of nitrogens with zero attached hydrogens (tertiary/aromatic N) is 1. The summed E-state index contributed by atoms with van der Waals surface area (Å²) in [5.74, 6) is -0.337. The molecule has 0 unspecified atom stereocenters. The molecular formula is C15H15ClFN3. The molecule has 0 fully saturated rings. The second-order valence-corrected chi connectivity index (χ2v) is 4.73. The number of nitrogens with two attached hydrogens (primary N) is 1. The first kappa shape index (κ1) is 14.3. The lowest BCUT2D eigenvalue weighted by molar-refractivity contribution is 0.628. The number of nitrogens with one attached hydrogen (secondary N) is 1. The summed E-state index contributed by atoms with van der Waals surface area (Å²) in [6.45, 7) is 2.63. The second kappa shape index (κ2) is 5.92. The SMILES string of the molecule is CCN(c1ccc(F)cc1)c1ccc(Cl)cc1C(=N)N. The molecule has 0 aromatic heterocycles. The van der Waals surface area contributed by atoms with Gasteiger partial charge in [-0.2, -0.15) is 0 Å². The molecule has 0 bridgehead atoms. The van der Waals surface area contributed by atoms with Crippen LogP contribution in [-0.4, -0.2) is 12.4 Å². The van der Waals surface area contributed by atoms with Gasteiger partial charge in [-0.3, -0.25) is 5.41 Å². The summed E-state index contributed by atoms with van der Waals surface area (Å²) in [7, 11) is 0. The molecule has 0 radical (unpaired) electrons. The number of anilines is 2. The third-order valence-electron chi connectivity index (χ3n) is 2.99. The first-order valence-electron chi connectivity index (χ1n) is 6.20. The van der Waals surface area contributed by atoms with E-state index in [2.05, 4.69) is 0 Å². The Hall–Kier alpha value is -2.07. The smallest absolute Gasteiger partial charge is 0.124 e. The number of rotatable bonds is 4. The maximum atomic E-state index is 13.0. The van der Waals surface area contributed by atoms with E-state index in [4.69, 9.17) is 22.7 Å². The number of hydrogen-bond acceptors (Lipinski definition) is 2. The fourth-order valence-electron chi connectivity index (χ4n) is 2.07. The summed E-state index contributed by atoms with van der Waals surface area (Å²) in [5, 5.41) is 8.19. The average Bonchev–Trinajstić information content (AvgIpc) is 2.43. The first-order chi connectivity index (χ1) is 9.52. The predicted molar refractivity (Wildman–Crippen MR) is 81.5 cm³/mol. The van der Waals surface area contributed by atoms with E-state index in [9.17, 15) is 4.39 Å². The minimum absolute atomic E-state index is 0.0527. The first-order valence-corrected chi connectivity index (χ1v) is 6.57. The van der Waals surface area contributed by atoms with Crippen LogP contribution >= 0.6 is 11.6 Å². The van der Waals surface area contributed by atoms with Crippen LogP contribution in [0.4, 0.5) is 15.8 Å². The molecule has 2 rings (SSSR count). The summed E-state index contributed by atoms with van der Waals surface area (Å²) >= 11 is 5.96. The van der Waals surface area contributed by atoms with Crippen molar-refractivity contribution >= 4 is 28.8 Å². The van der Waals surface area contributed by atoms with Gasteiger partial charge >= 0.3 is 0 Å². The number of halogens is 2. The lowest BCUT2D eigenvalue weighted by Crippen LogP contribution is -2.21. The minimum Gasteiger partial charge on any atom is -0.384 e. The molecule has 0 saturated heterocycles. The molecule has 0 atom stereocenters. The Morgan fingerprint density at radius 1 is 1.25 bits per heavy atom. The Kier molecular flexibility index (Phi) is 4.25. The van der Waals surface area contributed by atoms with E-state index in [1.54, 1.807) is 24.3 Å². The van der Waals surface area contributed by atoms with Crippen molar-refractivity contribution in [3.05, 3.63) is 58.9 Å². The summed E-state index contributed by atoms with van der Waals surface area (Å²) in [5.41, 5.74) is 7.78. The molecule has 20 heavy (non-hydrogen) atoms. The maximum absolute atomic E-state index is 13.0. The average molecular weight is 292 g/mol. The number of nitrogen functional groups attached to an aromatic ring is 1. The van der Waals surface area contributed by atoms with E-state index < -0.39 is 0 Å². The fraction of sp³-hybridized carbons (Fsp3) is 0.133. The van der Waals surface area contributed by atoms with E-state index in [1.165, 1.54) is 12.1 Å². The second-order valence-electron chi connectivity index (χ2n) is 4.30. The molecule has 0 heterocycles. The normalized spacial score (nSPS) is 10.3. The third-order valence-corrected chi connectivity index (χ3v) is 3.23. The van der Waals surface area contributed by atoms with Crippen LogP contribution in [0.5, 0.6) is 0 Å². The van der Waals surface area contributed by atoms with Gasteiger partial charge < -0.3 is 10.6 Å². The summed E-state index contributed by atoms with van der Waals surface area (Å²) in [6.07, 6.45) is 0. The monoisotopic (exact) mass is 291 g/mol. The molecular weight excluding hydrogens is 277 g/mol. The Morgan fingerprint density at radius 2 is 1.90 bits per heavy atom. The lowest BCUT2D eigenvalue weighted by atomic mass is 10.1. The van der Waals surface area contributed by atoms with E-state index in [0.29, 0.717) is 17.1 Å². The maximum Gasteiger partial charge on any atom is 0.124 e. The van der Waals surface area contributed by atoms with Gasteiger partial charge in [0.1, 0.15) is 11.7 Å². The summed E-state index contributed by atoms with van der Waals surface area (Å²) < 4.78 is 13.0. The van der Waals surface area contributed by atoms with Gasteiger partial charge in [-0.15, -0.1) is 0 Å². The van der Waals surface area contributed by atoms with Crippen molar-refractivity contribution in [2.45, 2.75) is 6.92 Å². The predicted octanol–water partition coefficient (Wildman–Crippen LogP) is 3.92. The Bertz CT molecular complexity index is 626. The topological polar surface area (TPSA) is 53.1 Å². The van der Waals surface area contributed by atoms with Gasteiger partial charge in [0.2, 0.25) is 0 Å². The van der Waals surface area contributed by atoms with Gasteiger partial charge in [-0.05, 0) is 49.4 Å². The van der Waals surface area contributed by atoms with Crippen molar-refractivity contribution in [1.82, 2.24) is 0 Å². The molecule has 0 saturated carbocycles. The van der Waals surface area contributed by atoms with Crippen LogP contribution in [-0.2, 0) is 0 Å². The highest BCUT2D eigenvalue weighted by molar-refractivity contribution is 6.31. The summed E-state index contributed by atoms with van der Waals surface area (Å²) in [4.78, 5) is 1.95. The van der Waals surface area contributed by atoms with Gasteiger partial charge in [-0.25, -0.2) is 4.39 Å². The Balaban J connectivity index is 2.51. The fourth-order valence-corrected chi connectivity index (χ4v) is 2.24. The molecule has 0 spiro atoms. The zero-order chi connectivity index (χ0) is 14.7. The molecule has 0 aliphatic rings. The van der Waals surface area contributed by atoms with Gasteiger partial charge in [0.15, 0.2) is 0 Å². The van der Waals surface area contributed by atoms with Gasteiger partial charge in [0.25, 0.3) is 0 Å². The molecule has 2 aromatic rings. The van der Waals surface area contributed by atoms with Crippen LogP contribution in [0.3, 0.4) is 0 Å². The molecule has 0 aliphatic heterocycles. The van der Waals surface area contributed by atoms with Crippen molar-refractivity contribution < 1.29 is 4.39 Å². The van der Waals surface area contributed by atoms with Crippen molar-refractivity contribution in [3.63, 3.8) is 0 Å². The molecule has 104 valence electrons. The van der Waals surface area contributed by atoms with Crippen LogP contribution < -0.4 is 10.6 Å². The van der Waals surface area contributed by atoms with Crippen LogP contribution in [0.15, 0.2) is 42.5 Å². The van der Waals surface area contributed by atoms with Crippen molar-refractivity contribution in [2.75, 3.05) is 11.4 Å². The molecule has 5 heteroatoms. The van der Waals surface area contributed by atoms with E-state index in [1.807, 2.05) is 17.9 Å². The van der Waals surface area contributed by atoms with E-state index in [-0.39, 0.29) is 11.7 Å². The molecule has 3 nitrogen and oxygen atoms in total. The van der Waals surface area contributed by atoms with Crippen molar-refractivity contribution in [2.24, 2.45) is 5.73 Å². The quantitative estimate of drug-likeness (QED) is 0.662. The largest absolute Gasteiger partial charge is 0.384 e. The number of hydrogen-bond donors (Lipinski definition) is 2. The highest BCUT2D eigenvalue weighted by Crippen LogP contribution is 2.30. The van der Waals surface area contributed by atoms with Gasteiger partial charge in [-0.1, -0.05) is 11.6 Å². The number of amidine groups is 1. The van der Waals surface area contributed by atoms with Crippen LogP contribution in [0.1, 0.15) is 12.5 Å². The summed E-state index contributed by atoms with van der Waals surface area (Å²) in [6, 6.07) is 11.4. The van der Waals surface area contributed by atoms with Gasteiger partial charge in [0, 0.05) is 22.8 Å². The Morgan fingerprint density at radius 3 is 2.45 bits per heavy atom. The molecule has 0 amide bonds. The lowest BCUT2D eigenvalue weighted by Gasteiger charge is -2.25. The zero-order valence-electron chi connectivity index (χ0n) is 11.0. The van der Waals surface area contributed by atoms with Crippen LogP contribution in [0.2, 0.25) is 5.02 Å². The third kappa shape index (κ3) is 2.91. The highest BCUT2D eigenvalue weighted by atomic mass is 35.5. The van der Waals surface area contributed by atoms with Crippen molar-refractivity contribution in [1.29, 1.82) is 5.41 Å². The van der Waals surface area contributed by atoms with E-state index >= 15 is 0 Å². The Labute approximate surface area is 122 Å². The minimum atomic E-state index is -0.285. The molecule has 2 aromatic carbocycles. The zero-order valence-corrected chi connectivity index (χ0v) is 11.8. The molecule has 3 N–H and O–H groups in total. The van der Waals surface area contributed by atoms with Crippen molar-refractivity contribution in [3.8, 4) is 0 Å².